The number of hydrogen-bond donors (Lipinski definition) is 1. The van der Waals surface area contributed by atoms with Crippen LogP contribution in [0.25, 0.3) is 0 Å². The first-order chi connectivity index (χ1) is 10.5. The van der Waals surface area contributed by atoms with Crippen LogP contribution in [0.2, 0.25) is 5.02 Å². The highest BCUT2D eigenvalue weighted by atomic mass is 35.5. The molecule has 1 amide bonds. The lowest BCUT2D eigenvalue weighted by molar-refractivity contribution is -0.384. The van der Waals surface area contributed by atoms with E-state index in [-0.39, 0.29) is 41.3 Å². The molecular weight excluding hydrogens is 312 g/mol. The van der Waals surface area contributed by atoms with Crippen molar-refractivity contribution in [2.24, 2.45) is 5.92 Å². The number of nitro groups is 1. The first-order valence-corrected chi connectivity index (χ1v) is 7.25. The Labute approximate surface area is 131 Å². The fraction of sp³-hybridized carbons (Fsp3) is 0.429. The van der Waals surface area contributed by atoms with Crippen LogP contribution in [0.5, 0.6) is 0 Å². The Morgan fingerprint density at radius 1 is 1.41 bits per heavy atom. The lowest BCUT2D eigenvalue weighted by Gasteiger charge is -2.23. The summed E-state index contributed by atoms with van der Waals surface area (Å²) < 4.78 is 5.04. The van der Waals surface area contributed by atoms with Crippen LogP contribution < -0.4 is 5.32 Å². The Morgan fingerprint density at radius 2 is 2.14 bits per heavy atom. The van der Waals surface area contributed by atoms with Gasteiger partial charge in [-0.15, -0.1) is 0 Å². The summed E-state index contributed by atoms with van der Waals surface area (Å²) in [6.45, 7) is 0.246. The van der Waals surface area contributed by atoms with Gasteiger partial charge in [0.2, 0.25) is 0 Å². The van der Waals surface area contributed by atoms with E-state index in [0.29, 0.717) is 0 Å². The second-order valence-corrected chi connectivity index (χ2v) is 5.38. The van der Waals surface area contributed by atoms with Gasteiger partial charge in [-0.05, 0) is 18.9 Å². The van der Waals surface area contributed by atoms with Crippen LogP contribution in [0, 0.1) is 16.0 Å². The second-order valence-electron chi connectivity index (χ2n) is 4.97. The zero-order valence-corrected chi connectivity index (χ0v) is 12.5. The maximum absolute atomic E-state index is 11.9. The molecule has 7 nitrogen and oxygen atoms in total. The van der Waals surface area contributed by atoms with Gasteiger partial charge in [-0.2, -0.15) is 0 Å². The van der Waals surface area contributed by atoms with Crippen LogP contribution in [0.15, 0.2) is 18.2 Å². The Kier molecular flexibility index (Phi) is 5.32. The minimum Gasteiger partial charge on any atom is -0.464 e. The predicted octanol–water partition coefficient (Wildman–Crippen LogP) is 2.32. The summed E-state index contributed by atoms with van der Waals surface area (Å²) in [6.07, 6.45) is 2.78. The number of carbonyl (C=O) groups excluding carboxylic acids is 2. The van der Waals surface area contributed by atoms with Gasteiger partial charge < -0.3 is 10.1 Å². The van der Waals surface area contributed by atoms with Gasteiger partial charge in [0.05, 0.1) is 28.0 Å². The third-order valence-electron chi connectivity index (χ3n) is 3.48. The van der Waals surface area contributed by atoms with Crippen molar-refractivity contribution >= 4 is 29.2 Å². The second kappa shape index (κ2) is 7.22. The topological polar surface area (TPSA) is 98.5 Å². The fourth-order valence-corrected chi connectivity index (χ4v) is 2.24. The van der Waals surface area contributed by atoms with E-state index in [2.05, 4.69) is 5.32 Å². The molecule has 0 saturated heterocycles. The van der Waals surface area contributed by atoms with Gasteiger partial charge in [0.1, 0.15) is 6.61 Å². The quantitative estimate of drug-likeness (QED) is 0.374. The molecule has 1 aliphatic carbocycles. The van der Waals surface area contributed by atoms with E-state index in [1.165, 1.54) is 12.1 Å². The molecule has 1 aromatic carbocycles. The molecule has 1 fully saturated rings. The number of benzene rings is 1. The maximum atomic E-state index is 11.9. The molecule has 0 unspecified atom stereocenters. The van der Waals surface area contributed by atoms with E-state index in [9.17, 15) is 19.7 Å². The average Bonchev–Trinajstić information content (AvgIpc) is 2.41. The maximum Gasteiger partial charge on any atom is 0.308 e. The molecule has 1 N–H and O–H groups in total. The number of nitro benzene ring substituents is 1. The highest BCUT2D eigenvalue weighted by molar-refractivity contribution is 6.34. The summed E-state index contributed by atoms with van der Waals surface area (Å²) in [4.78, 5) is 33.4. The standard InChI is InChI=1S/C14H15ClN2O5/c15-12-8-10(17(20)21)4-5-11(12)13(18)16-6-7-22-14(19)9-2-1-3-9/h4-5,8-9H,1-3,6-7H2,(H,16,18). The lowest BCUT2D eigenvalue weighted by atomic mass is 9.86. The Bertz CT molecular complexity index is 601. The molecule has 1 aromatic rings. The number of hydrogen-bond acceptors (Lipinski definition) is 5. The molecule has 1 aliphatic rings. The molecule has 0 radical (unpaired) electrons. The smallest absolute Gasteiger partial charge is 0.308 e. The number of carbonyl (C=O) groups is 2. The van der Waals surface area contributed by atoms with Crippen molar-refractivity contribution in [3.8, 4) is 0 Å². The summed E-state index contributed by atoms with van der Waals surface area (Å²) in [5.41, 5.74) is -0.0476. The summed E-state index contributed by atoms with van der Waals surface area (Å²) in [6, 6.07) is 3.61. The molecule has 0 bridgehead atoms. The zero-order chi connectivity index (χ0) is 16.1. The first kappa shape index (κ1) is 16.2. The van der Waals surface area contributed by atoms with Crippen molar-refractivity contribution in [1.82, 2.24) is 5.32 Å². The number of amides is 1. The summed E-state index contributed by atoms with van der Waals surface area (Å²) in [5.74, 6) is -0.701. The summed E-state index contributed by atoms with van der Waals surface area (Å²) >= 11 is 5.85. The molecule has 0 atom stereocenters. The average molecular weight is 327 g/mol. The Balaban J connectivity index is 1.79. The number of esters is 1. The summed E-state index contributed by atoms with van der Waals surface area (Å²) in [7, 11) is 0. The number of rotatable bonds is 6. The van der Waals surface area contributed by atoms with Gasteiger partial charge in [-0.3, -0.25) is 19.7 Å². The predicted molar refractivity (Wildman–Crippen MR) is 78.7 cm³/mol. The van der Waals surface area contributed by atoms with Gasteiger partial charge >= 0.3 is 5.97 Å². The number of non-ortho nitro benzene ring substituents is 1. The molecular formula is C14H15ClN2O5. The van der Waals surface area contributed by atoms with Crippen molar-refractivity contribution in [2.75, 3.05) is 13.2 Å². The number of nitrogens with zero attached hydrogens (tertiary/aromatic N) is 1. The van der Waals surface area contributed by atoms with E-state index >= 15 is 0 Å². The minimum absolute atomic E-state index is 0.000168. The molecule has 0 aromatic heterocycles. The molecule has 8 heteroatoms. The SMILES string of the molecule is O=C(NCCOC(=O)C1CCC1)c1ccc([N+](=O)[O-])cc1Cl. The Hall–Kier alpha value is -2.15. The normalized spacial score (nSPS) is 14.0. The van der Waals surface area contributed by atoms with E-state index < -0.39 is 10.8 Å². The van der Waals surface area contributed by atoms with Crippen molar-refractivity contribution in [2.45, 2.75) is 19.3 Å². The van der Waals surface area contributed by atoms with Crippen LogP contribution in [0.1, 0.15) is 29.6 Å². The van der Waals surface area contributed by atoms with E-state index in [1.807, 2.05) is 0 Å². The lowest BCUT2D eigenvalue weighted by Crippen LogP contribution is -2.30. The van der Waals surface area contributed by atoms with Crippen molar-refractivity contribution in [3.05, 3.63) is 38.9 Å². The fourth-order valence-electron chi connectivity index (χ4n) is 1.97. The molecule has 0 heterocycles. The largest absolute Gasteiger partial charge is 0.464 e. The van der Waals surface area contributed by atoms with Gasteiger partial charge in [0, 0.05) is 12.1 Å². The molecule has 1 saturated carbocycles. The monoisotopic (exact) mass is 326 g/mol. The Morgan fingerprint density at radius 3 is 2.68 bits per heavy atom. The molecule has 0 aliphatic heterocycles. The first-order valence-electron chi connectivity index (χ1n) is 6.88. The van der Waals surface area contributed by atoms with Gasteiger partial charge in [-0.25, -0.2) is 0 Å². The number of nitrogens with one attached hydrogen (secondary N) is 1. The number of halogens is 1. The van der Waals surface area contributed by atoms with Crippen LogP contribution in [0.3, 0.4) is 0 Å². The molecule has 0 spiro atoms. The van der Waals surface area contributed by atoms with Crippen molar-refractivity contribution in [1.29, 1.82) is 0 Å². The van der Waals surface area contributed by atoms with Gasteiger partial charge in [0.25, 0.3) is 11.6 Å². The highest BCUT2D eigenvalue weighted by Crippen LogP contribution is 2.27. The van der Waals surface area contributed by atoms with Crippen molar-refractivity contribution < 1.29 is 19.2 Å². The van der Waals surface area contributed by atoms with E-state index in [4.69, 9.17) is 16.3 Å². The third-order valence-corrected chi connectivity index (χ3v) is 3.79. The number of ether oxygens (including phenoxy) is 1. The molecule has 22 heavy (non-hydrogen) atoms. The van der Waals surface area contributed by atoms with E-state index in [0.717, 1.165) is 25.3 Å². The van der Waals surface area contributed by atoms with Gasteiger partial charge in [-0.1, -0.05) is 18.0 Å². The third kappa shape index (κ3) is 3.94. The van der Waals surface area contributed by atoms with Crippen LogP contribution >= 0.6 is 11.6 Å². The van der Waals surface area contributed by atoms with Crippen LogP contribution in [0.4, 0.5) is 5.69 Å². The molecule has 118 valence electrons. The van der Waals surface area contributed by atoms with Crippen LogP contribution in [-0.4, -0.2) is 30.0 Å². The van der Waals surface area contributed by atoms with Gasteiger partial charge in [0.15, 0.2) is 0 Å². The van der Waals surface area contributed by atoms with Crippen molar-refractivity contribution in [3.63, 3.8) is 0 Å². The molecule has 2 rings (SSSR count). The summed E-state index contributed by atoms with van der Waals surface area (Å²) in [5, 5.41) is 13.1. The van der Waals surface area contributed by atoms with Crippen LogP contribution in [-0.2, 0) is 9.53 Å². The van der Waals surface area contributed by atoms with E-state index in [1.54, 1.807) is 0 Å². The minimum atomic E-state index is -0.590. The zero-order valence-electron chi connectivity index (χ0n) is 11.7. The highest BCUT2D eigenvalue weighted by Gasteiger charge is 2.26.